The van der Waals surface area contributed by atoms with Crippen LogP contribution in [0, 0.1) is 5.13 Å². The van der Waals surface area contributed by atoms with E-state index in [-0.39, 0.29) is 17.3 Å². The van der Waals surface area contributed by atoms with Gasteiger partial charge in [-0.3, -0.25) is 14.6 Å². The molecule has 1 aliphatic rings. The summed E-state index contributed by atoms with van der Waals surface area (Å²) >= 11 is 1.13. The monoisotopic (exact) mass is 464 g/mol. The molecule has 33 heavy (non-hydrogen) atoms. The van der Waals surface area contributed by atoms with E-state index in [4.69, 9.17) is 9.84 Å². The third kappa shape index (κ3) is 4.11. The Morgan fingerprint density at radius 2 is 1.91 bits per heavy atom. The van der Waals surface area contributed by atoms with E-state index < -0.39 is 5.60 Å². The number of thiophene rings is 1. The minimum atomic E-state index is -0.570. The number of halogens is 1. The largest absolute Gasteiger partial charge is 0.444 e. The molecule has 1 aromatic carbocycles. The summed E-state index contributed by atoms with van der Waals surface area (Å²) in [6.45, 7) is 8.55. The molecule has 1 amide bonds. The van der Waals surface area contributed by atoms with Crippen LogP contribution in [-0.4, -0.2) is 37.4 Å². The van der Waals surface area contributed by atoms with Gasteiger partial charge in [-0.1, -0.05) is 12.1 Å². The van der Waals surface area contributed by atoms with Gasteiger partial charge in [0.25, 0.3) is 0 Å². The third-order valence-electron chi connectivity index (χ3n) is 5.71. The summed E-state index contributed by atoms with van der Waals surface area (Å²) in [5.41, 5.74) is 4.02. The lowest BCUT2D eigenvalue weighted by Gasteiger charge is -2.35. The molecule has 0 radical (unpaired) electrons. The Labute approximate surface area is 195 Å². The van der Waals surface area contributed by atoms with Crippen LogP contribution in [0.5, 0.6) is 0 Å². The van der Waals surface area contributed by atoms with Gasteiger partial charge in [0.2, 0.25) is 0 Å². The van der Waals surface area contributed by atoms with Crippen LogP contribution in [0.4, 0.5) is 9.18 Å². The standard InChI is InChI=1S/C25H25FN4O2S/c1-15-13-30-19(14-29(15)24(31)32-25(2,3)4)22(16-7-9-27-10-8-16)23(28-30)18-6-5-17-12-21(26)33-20(17)11-18/h5-12,15H,13-14H2,1-4H3. The molecule has 0 spiro atoms. The van der Waals surface area contributed by atoms with Crippen LogP contribution in [0.3, 0.4) is 0 Å². The topological polar surface area (TPSA) is 60.2 Å². The molecule has 0 saturated carbocycles. The van der Waals surface area contributed by atoms with Crippen molar-refractivity contribution in [1.82, 2.24) is 19.7 Å². The quantitative estimate of drug-likeness (QED) is 0.359. The van der Waals surface area contributed by atoms with Crippen molar-refractivity contribution in [2.24, 2.45) is 0 Å². The highest BCUT2D eigenvalue weighted by Crippen LogP contribution is 2.39. The third-order valence-corrected chi connectivity index (χ3v) is 6.59. The van der Waals surface area contributed by atoms with Crippen LogP contribution in [0.1, 0.15) is 33.4 Å². The predicted molar refractivity (Wildman–Crippen MR) is 127 cm³/mol. The maximum absolute atomic E-state index is 13.8. The molecule has 5 rings (SSSR count). The van der Waals surface area contributed by atoms with Gasteiger partial charge in [0.15, 0.2) is 5.13 Å². The minimum absolute atomic E-state index is 0.0701. The minimum Gasteiger partial charge on any atom is -0.444 e. The number of nitrogens with zero attached hydrogens (tertiary/aromatic N) is 4. The van der Waals surface area contributed by atoms with Gasteiger partial charge in [-0.2, -0.15) is 9.49 Å². The molecule has 1 aliphatic heterocycles. The number of hydrogen-bond acceptors (Lipinski definition) is 5. The summed E-state index contributed by atoms with van der Waals surface area (Å²) in [6, 6.07) is 11.3. The zero-order valence-electron chi connectivity index (χ0n) is 19.0. The number of benzene rings is 1. The van der Waals surface area contributed by atoms with Crippen molar-refractivity contribution in [2.45, 2.75) is 52.4 Å². The highest BCUT2D eigenvalue weighted by atomic mass is 32.1. The molecule has 4 heterocycles. The first-order chi connectivity index (χ1) is 15.7. The fourth-order valence-corrected chi connectivity index (χ4v) is 5.04. The van der Waals surface area contributed by atoms with Crippen LogP contribution >= 0.6 is 11.3 Å². The van der Waals surface area contributed by atoms with Crippen molar-refractivity contribution in [1.29, 1.82) is 0 Å². The maximum Gasteiger partial charge on any atom is 0.410 e. The van der Waals surface area contributed by atoms with Gasteiger partial charge in [0.1, 0.15) is 11.3 Å². The highest BCUT2D eigenvalue weighted by molar-refractivity contribution is 7.17. The molecular weight excluding hydrogens is 439 g/mol. The van der Waals surface area contributed by atoms with E-state index in [1.165, 1.54) is 0 Å². The van der Waals surface area contributed by atoms with Gasteiger partial charge in [-0.25, -0.2) is 4.79 Å². The van der Waals surface area contributed by atoms with Gasteiger partial charge in [-0.05, 0) is 62.9 Å². The number of ether oxygens (including phenoxy) is 1. The van der Waals surface area contributed by atoms with E-state index in [2.05, 4.69) is 4.98 Å². The molecule has 0 N–H and O–H groups in total. The number of pyridine rings is 1. The summed E-state index contributed by atoms with van der Waals surface area (Å²) in [5, 5.41) is 5.63. The summed E-state index contributed by atoms with van der Waals surface area (Å²) in [7, 11) is 0. The molecule has 6 nitrogen and oxygen atoms in total. The Morgan fingerprint density at radius 1 is 1.15 bits per heavy atom. The Balaban J connectivity index is 1.63. The van der Waals surface area contributed by atoms with E-state index >= 15 is 0 Å². The maximum atomic E-state index is 13.8. The van der Waals surface area contributed by atoms with Crippen LogP contribution in [0.25, 0.3) is 32.5 Å². The molecular formula is C25H25FN4O2S. The molecule has 4 aromatic rings. The smallest absolute Gasteiger partial charge is 0.410 e. The fraction of sp³-hybridized carbons (Fsp3) is 0.320. The van der Waals surface area contributed by atoms with E-state index in [1.807, 2.05) is 62.7 Å². The first kappa shape index (κ1) is 21.6. The Morgan fingerprint density at radius 3 is 2.64 bits per heavy atom. The van der Waals surface area contributed by atoms with Crippen molar-refractivity contribution in [2.75, 3.05) is 0 Å². The molecule has 1 unspecified atom stereocenters. The van der Waals surface area contributed by atoms with Crippen LogP contribution in [0.2, 0.25) is 0 Å². The Hall–Kier alpha value is -3.26. The predicted octanol–water partition coefficient (Wildman–Crippen LogP) is 6.11. The number of hydrogen-bond donors (Lipinski definition) is 0. The normalized spacial score (nSPS) is 16.2. The second-order valence-corrected chi connectivity index (χ2v) is 10.4. The SMILES string of the molecule is CC1Cn2nc(-c3ccc4cc(F)sc4c3)c(-c3ccncc3)c2CN1C(=O)OC(C)(C)C. The second kappa shape index (κ2) is 7.95. The fourth-order valence-electron chi connectivity index (χ4n) is 4.21. The van der Waals surface area contributed by atoms with Gasteiger partial charge in [0, 0.05) is 28.2 Å². The van der Waals surface area contributed by atoms with Gasteiger partial charge >= 0.3 is 6.09 Å². The van der Waals surface area contributed by atoms with E-state index in [1.54, 1.807) is 23.4 Å². The molecule has 8 heteroatoms. The van der Waals surface area contributed by atoms with Crippen LogP contribution < -0.4 is 0 Å². The number of fused-ring (bicyclic) bond motifs is 2. The Kier molecular flexibility index (Phi) is 5.20. The lowest BCUT2D eigenvalue weighted by molar-refractivity contribution is 0.00914. The number of carbonyl (C=O) groups excluding carboxylic acids is 1. The number of amides is 1. The van der Waals surface area contributed by atoms with Crippen molar-refractivity contribution < 1.29 is 13.9 Å². The first-order valence-electron chi connectivity index (χ1n) is 10.9. The summed E-state index contributed by atoms with van der Waals surface area (Å²) < 4.78 is 22.3. The lowest BCUT2D eigenvalue weighted by atomic mass is 9.98. The summed E-state index contributed by atoms with van der Waals surface area (Å²) in [6.07, 6.45) is 3.16. The lowest BCUT2D eigenvalue weighted by Crippen LogP contribution is -2.47. The average molecular weight is 465 g/mol. The van der Waals surface area contributed by atoms with E-state index in [0.29, 0.717) is 13.1 Å². The van der Waals surface area contributed by atoms with Crippen molar-refractivity contribution in [3.8, 4) is 22.4 Å². The zero-order valence-corrected chi connectivity index (χ0v) is 19.8. The molecule has 0 saturated heterocycles. The van der Waals surface area contributed by atoms with Crippen molar-refractivity contribution in [3.05, 3.63) is 59.6 Å². The Bertz CT molecular complexity index is 1340. The molecule has 1 atom stereocenters. The van der Waals surface area contributed by atoms with E-state index in [0.717, 1.165) is 49.5 Å². The highest BCUT2D eigenvalue weighted by Gasteiger charge is 2.34. The van der Waals surface area contributed by atoms with Crippen molar-refractivity contribution >= 4 is 27.5 Å². The van der Waals surface area contributed by atoms with Crippen LogP contribution in [-0.2, 0) is 17.8 Å². The summed E-state index contributed by atoms with van der Waals surface area (Å²) in [4.78, 5) is 18.9. The molecule has 170 valence electrons. The second-order valence-electron chi connectivity index (χ2n) is 9.35. The number of carbonyl (C=O) groups is 1. The molecule has 0 bridgehead atoms. The molecule has 0 aliphatic carbocycles. The first-order valence-corrected chi connectivity index (χ1v) is 11.7. The molecule has 0 fully saturated rings. The van der Waals surface area contributed by atoms with E-state index in [9.17, 15) is 9.18 Å². The zero-order chi connectivity index (χ0) is 23.3. The molecule has 3 aromatic heterocycles. The van der Waals surface area contributed by atoms with Crippen LogP contribution in [0.15, 0.2) is 48.8 Å². The average Bonchev–Trinajstić information content (AvgIpc) is 3.30. The number of rotatable bonds is 2. The van der Waals surface area contributed by atoms with Gasteiger partial charge in [-0.15, -0.1) is 11.3 Å². The van der Waals surface area contributed by atoms with Gasteiger partial charge < -0.3 is 4.74 Å². The summed E-state index contributed by atoms with van der Waals surface area (Å²) in [5.74, 6) is 0. The van der Waals surface area contributed by atoms with Crippen molar-refractivity contribution in [3.63, 3.8) is 0 Å². The van der Waals surface area contributed by atoms with Gasteiger partial charge in [0.05, 0.1) is 24.8 Å². The number of aromatic nitrogens is 3.